The fraction of sp³-hybridized carbons (Fsp3) is 0.786. The van der Waals surface area contributed by atoms with E-state index in [1.54, 1.807) is 7.11 Å². The Balaban J connectivity index is 2.47. The quantitative estimate of drug-likeness (QED) is 0.567. The van der Waals surface area contributed by atoms with Crippen molar-refractivity contribution in [3.8, 4) is 0 Å². The molecule has 5 nitrogen and oxygen atoms in total. The first kappa shape index (κ1) is 16.1. The zero-order chi connectivity index (χ0) is 14.5. The van der Waals surface area contributed by atoms with Gasteiger partial charge in [0, 0.05) is 13.5 Å². The smallest absolute Gasteiger partial charge is 0.214 e. The van der Waals surface area contributed by atoms with Crippen LogP contribution < -0.4 is 0 Å². The Hall–Kier alpha value is -0.910. The predicted octanol–water partition coefficient (Wildman–Crippen LogP) is 1.90. The van der Waals surface area contributed by atoms with Crippen molar-refractivity contribution in [2.45, 2.75) is 51.9 Å². The van der Waals surface area contributed by atoms with Gasteiger partial charge in [-0.25, -0.2) is 4.99 Å². The van der Waals surface area contributed by atoms with Gasteiger partial charge in [0.2, 0.25) is 5.90 Å². The summed E-state index contributed by atoms with van der Waals surface area (Å²) in [4.78, 5) is 4.36. The molecular weight excluding hydrogens is 246 g/mol. The SMILES string of the molecule is COCO[C@@H](C)/C(C)=C\C[C@H](O)C1=NC(C)(C)CO1. The van der Waals surface area contributed by atoms with Gasteiger partial charge in [0.05, 0.1) is 11.6 Å². The molecule has 0 aromatic heterocycles. The van der Waals surface area contributed by atoms with E-state index in [1.807, 2.05) is 33.8 Å². The average Bonchev–Trinajstić information content (AvgIpc) is 2.73. The maximum atomic E-state index is 10.0. The van der Waals surface area contributed by atoms with Crippen LogP contribution in [0.25, 0.3) is 0 Å². The molecule has 1 aliphatic rings. The van der Waals surface area contributed by atoms with E-state index in [0.29, 0.717) is 18.9 Å². The van der Waals surface area contributed by atoms with Crippen LogP contribution in [-0.2, 0) is 14.2 Å². The minimum atomic E-state index is -0.689. The van der Waals surface area contributed by atoms with E-state index < -0.39 is 6.10 Å². The van der Waals surface area contributed by atoms with Crippen molar-refractivity contribution in [2.75, 3.05) is 20.5 Å². The average molecular weight is 271 g/mol. The van der Waals surface area contributed by atoms with Crippen molar-refractivity contribution >= 4 is 5.90 Å². The van der Waals surface area contributed by atoms with Gasteiger partial charge in [0.25, 0.3) is 0 Å². The summed E-state index contributed by atoms with van der Waals surface area (Å²) in [6.07, 6.45) is 1.70. The molecule has 0 radical (unpaired) electrons. The van der Waals surface area contributed by atoms with Crippen LogP contribution in [0.2, 0.25) is 0 Å². The summed E-state index contributed by atoms with van der Waals surface area (Å²) in [5, 5.41) is 10.0. The molecule has 0 aliphatic carbocycles. The molecule has 2 atom stereocenters. The van der Waals surface area contributed by atoms with Crippen LogP contribution in [0.4, 0.5) is 0 Å². The van der Waals surface area contributed by atoms with Gasteiger partial charge in [-0.15, -0.1) is 0 Å². The molecule has 1 N–H and O–H groups in total. The molecule has 19 heavy (non-hydrogen) atoms. The molecule has 1 rings (SSSR count). The van der Waals surface area contributed by atoms with Crippen LogP contribution in [0.5, 0.6) is 0 Å². The van der Waals surface area contributed by atoms with Crippen LogP contribution in [0.3, 0.4) is 0 Å². The first-order chi connectivity index (χ1) is 8.85. The lowest BCUT2D eigenvalue weighted by molar-refractivity contribution is -0.0531. The van der Waals surface area contributed by atoms with Crippen molar-refractivity contribution in [3.05, 3.63) is 11.6 Å². The van der Waals surface area contributed by atoms with Crippen molar-refractivity contribution in [1.82, 2.24) is 0 Å². The second kappa shape index (κ2) is 7.03. The monoisotopic (exact) mass is 271 g/mol. The third-order valence-corrected chi connectivity index (χ3v) is 3.01. The van der Waals surface area contributed by atoms with E-state index in [1.165, 1.54) is 0 Å². The fourth-order valence-electron chi connectivity index (χ4n) is 1.65. The number of aliphatic hydroxyl groups excluding tert-OH is 1. The Labute approximate surface area is 115 Å². The summed E-state index contributed by atoms with van der Waals surface area (Å²) in [5.41, 5.74) is 0.818. The van der Waals surface area contributed by atoms with Crippen molar-refractivity contribution in [1.29, 1.82) is 0 Å². The van der Waals surface area contributed by atoms with Gasteiger partial charge in [-0.1, -0.05) is 6.08 Å². The number of aliphatic hydroxyl groups is 1. The van der Waals surface area contributed by atoms with E-state index in [0.717, 1.165) is 5.57 Å². The summed E-state index contributed by atoms with van der Waals surface area (Å²) in [5.74, 6) is 0.430. The van der Waals surface area contributed by atoms with Gasteiger partial charge in [0.1, 0.15) is 19.5 Å². The second-order valence-electron chi connectivity index (χ2n) is 5.47. The molecule has 1 heterocycles. The molecule has 1 aliphatic heterocycles. The molecule has 0 saturated heterocycles. The molecule has 5 heteroatoms. The molecule has 0 unspecified atom stereocenters. The highest BCUT2D eigenvalue weighted by atomic mass is 16.7. The number of hydrogen-bond acceptors (Lipinski definition) is 5. The highest BCUT2D eigenvalue weighted by Crippen LogP contribution is 2.19. The predicted molar refractivity (Wildman–Crippen MR) is 74.3 cm³/mol. The first-order valence-corrected chi connectivity index (χ1v) is 6.53. The Morgan fingerprint density at radius 2 is 2.26 bits per heavy atom. The Bertz CT molecular complexity index is 349. The number of ether oxygens (including phenoxy) is 3. The van der Waals surface area contributed by atoms with E-state index in [2.05, 4.69) is 4.99 Å². The van der Waals surface area contributed by atoms with Crippen LogP contribution in [0.1, 0.15) is 34.1 Å². The first-order valence-electron chi connectivity index (χ1n) is 6.53. The lowest BCUT2D eigenvalue weighted by Gasteiger charge is -2.14. The number of rotatable bonds is 7. The van der Waals surface area contributed by atoms with Gasteiger partial charge in [-0.05, 0) is 33.3 Å². The zero-order valence-electron chi connectivity index (χ0n) is 12.5. The fourth-order valence-corrected chi connectivity index (χ4v) is 1.65. The highest BCUT2D eigenvalue weighted by Gasteiger charge is 2.29. The molecular formula is C14H25NO4. The summed E-state index contributed by atoms with van der Waals surface area (Å²) < 4.78 is 15.7. The lowest BCUT2D eigenvalue weighted by Crippen LogP contribution is -2.20. The minimum Gasteiger partial charge on any atom is -0.477 e. The summed E-state index contributed by atoms with van der Waals surface area (Å²) in [6, 6.07) is 0. The van der Waals surface area contributed by atoms with Crippen molar-refractivity contribution in [2.24, 2.45) is 4.99 Å². The largest absolute Gasteiger partial charge is 0.477 e. The number of methoxy groups -OCH3 is 1. The minimum absolute atomic E-state index is 0.0324. The maximum Gasteiger partial charge on any atom is 0.214 e. The number of nitrogens with zero attached hydrogens (tertiary/aromatic N) is 1. The van der Waals surface area contributed by atoms with Gasteiger partial charge >= 0.3 is 0 Å². The number of aliphatic imine (C=N–C) groups is 1. The normalized spacial score (nSPS) is 21.8. The molecule has 0 aromatic rings. The summed E-state index contributed by atoms with van der Waals surface area (Å²) in [7, 11) is 1.59. The lowest BCUT2D eigenvalue weighted by atomic mass is 10.1. The Morgan fingerprint density at radius 3 is 2.79 bits per heavy atom. The van der Waals surface area contributed by atoms with E-state index in [9.17, 15) is 5.11 Å². The van der Waals surface area contributed by atoms with Gasteiger partial charge in [-0.3, -0.25) is 0 Å². The highest BCUT2D eigenvalue weighted by molar-refractivity contribution is 5.82. The third-order valence-electron chi connectivity index (χ3n) is 3.01. The summed E-state index contributed by atoms with van der Waals surface area (Å²) >= 11 is 0. The second-order valence-corrected chi connectivity index (χ2v) is 5.47. The topological polar surface area (TPSA) is 60.3 Å². The Kier molecular flexibility index (Phi) is 5.97. The van der Waals surface area contributed by atoms with Crippen LogP contribution in [-0.4, -0.2) is 49.3 Å². The molecule has 0 saturated carbocycles. The van der Waals surface area contributed by atoms with Gasteiger partial charge < -0.3 is 19.3 Å². The molecule has 0 amide bonds. The van der Waals surface area contributed by atoms with Crippen LogP contribution in [0, 0.1) is 0 Å². The molecule has 0 fully saturated rings. The van der Waals surface area contributed by atoms with E-state index >= 15 is 0 Å². The third kappa shape index (κ3) is 5.30. The van der Waals surface area contributed by atoms with Crippen LogP contribution in [0.15, 0.2) is 16.6 Å². The molecule has 0 spiro atoms. The van der Waals surface area contributed by atoms with E-state index in [-0.39, 0.29) is 18.4 Å². The standard InChI is InChI=1S/C14H25NO4/c1-10(11(2)19-9-17-5)6-7-12(16)13-15-14(3,4)8-18-13/h6,11-12,16H,7-9H2,1-5H3/b10-6-/t11-,12-/m0/s1. The maximum absolute atomic E-state index is 10.0. The Morgan fingerprint density at radius 1 is 1.58 bits per heavy atom. The van der Waals surface area contributed by atoms with Gasteiger partial charge in [-0.2, -0.15) is 0 Å². The molecule has 0 bridgehead atoms. The van der Waals surface area contributed by atoms with Gasteiger partial charge in [0.15, 0.2) is 0 Å². The summed E-state index contributed by atoms with van der Waals surface area (Å²) in [6.45, 7) is 8.66. The molecule has 110 valence electrons. The van der Waals surface area contributed by atoms with E-state index in [4.69, 9.17) is 14.2 Å². The molecule has 0 aromatic carbocycles. The zero-order valence-corrected chi connectivity index (χ0v) is 12.5. The van der Waals surface area contributed by atoms with Crippen molar-refractivity contribution in [3.63, 3.8) is 0 Å². The van der Waals surface area contributed by atoms with Crippen LogP contribution >= 0.6 is 0 Å². The number of hydrogen-bond donors (Lipinski definition) is 1. The van der Waals surface area contributed by atoms with Crippen molar-refractivity contribution < 1.29 is 19.3 Å².